The number of aromatic nitrogens is 3. The molecule has 92 valence electrons. The summed E-state index contributed by atoms with van der Waals surface area (Å²) >= 11 is 8.72. The minimum atomic E-state index is 0.908. The first-order valence-electron chi connectivity index (χ1n) is 5.24. The quantitative estimate of drug-likeness (QED) is 0.758. The molecule has 0 fully saturated rings. The molecule has 7 heteroatoms. The lowest BCUT2D eigenvalue weighted by Crippen LogP contribution is -2.14. The van der Waals surface area contributed by atoms with Crippen LogP contribution in [0, 0.1) is 0 Å². The molecule has 0 aliphatic rings. The van der Waals surface area contributed by atoms with Crippen molar-refractivity contribution in [2.75, 3.05) is 6.54 Å². The standard InChI is InChI=1S/C10H12Br2N4S/c11-8-4-7(17-10(8)12)5-13-3-1-2-9-14-6-15-16-9/h4,6,13H,1-3,5H2,(H,14,15,16). The molecular formula is C10H12Br2N4S. The summed E-state index contributed by atoms with van der Waals surface area (Å²) in [7, 11) is 0. The first-order chi connectivity index (χ1) is 8.25. The molecule has 0 aromatic carbocycles. The SMILES string of the molecule is Brc1cc(CNCCCc2ncn[nH]2)sc1Br. The number of hydrogen-bond acceptors (Lipinski definition) is 4. The zero-order valence-corrected chi connectivity index (χ0v) is 13.0. The van der Waals surface area contributed by atoms with E-state index in [0.717, 1.165) is 40.0 Å². The molecule has 0 aliphatic carbocycles. The molecule has 0 aliphatic heterocycles. The van der Waals surface area contributed by atoms with Gasteiger partial charge in [-0.2, -0.15) is 5.10 Å². The second-order valence-corrected chi connectivity index (χ2v) is 6.86. The number of rotatable bonds is 6. The van der Waals surface area contributed by atoms with Crippen LogP contribution in [0.3, 0.4) is 0 Å². The van der Waals surface area contributed by atoms with Gasteiger partial charge in [0.1, 0.15) is 12.2 Å². The second-order valence-electron chi connectivity index (χ2n) is 3.55. The Kier molecular flexibility index (Phi) is 5.15. The largest absolute Gasteiger partial charge is 0.312 e. The fourth-order valence-electron chi connectivity index (χ4n) is 1.42. The highest BCUT2D eigenvalue weighted by molar-refractivity contribution is 9.13. The lowest BCUT2D eigenvalue weighted by Gasteiger charge is -2.01. The smallest absolute Gasteiger partial charge is 0.137 e. The summed E-state index contributed by atoms with van der Waals surface area (Å²) in [5.41, 5.74) is 0. The average molecular weight is 380 g/mol. The first kappa shape index (κ1) is 13.2. The fourth-order valence-corrected chi connectivity index (χ4v) is 3.57. The lowest BCUT2D eigenvalue weighted by molar-refractivity contribution is 0.644. The van der Waals surface area contributed by atoms with E-state index in [1.807, 2.05) is 0 Å². The Morgan fingerprint density at radius 3 is 2.94 bits per heavy atom. The zero-order valence-electron chi connectivity index (χ0n) is 9.04. The van der Waals surface area contributed by atoms with Gasteiger partial charge in [0.25, 0.3) is 0 Å². The summed E-state index contributed by atoms with van der Waals surface area (Å²) < 4.78 is 2.27. The Labute approximate surface area is 120 Å². The van der Waals surface area contributed by atoms with Crippen LogP contribution < -0.4 is 5.32 Å². The van der Waals surface area contributed by atoms with Gasteiger partial charge in [-0.3, -0.25) is 5.10 Å². The van der Waals surface area contributed by atoms with Gasteiger partial charge in [-0.1, -0.05) is 0 Å². The Hall–Kier alpha value is -0.240. The number of aromatic amines is 1. The molecule has 0 amide bonds. The Bertz CT molecular complexity index is 435. The molecule has 17 heavy (non-hydrogen) atoms. The Balaban J connectivity index is 1.63. The van der Waals surface area contributed by atoms with Gasteiger partial charge in [0.2, 0.25) is 0 Å². The number of aryl methyl sites for hydroxylation is 1. The van der Waals surface area contributed by atoms with Crippen LogP contribution in [0.15, 0.2) is 20.7 Å². The van der Waals surface area contributed by atoms with E-state index >= 15 is 0 Å². The van der Waals surface area contributed by atoms with Crippen LogP contribution in [0.25, 0.3) is 0 Å². The predicted molar refractivity (Wildman–Crippen MR) is 76.1 cm³/mol. The number of halogens is 2. The monoisotopic (exact) mass is 378 g/mol. The minimum Gasteiger partial charge on any atom is -0.312 e. The zero-order chi connectivity index (χ0) is 12.1. The highest BCUT2D eigenvalue weighted by Crippen LogP contribution is 2.32. The number of nitrogens with zero attached hydrogens (tertiary/aromatic N) is 2. The molecule has 2 heterocycles. The van der Waals surface area contributed by atoms with E-state index in [-0.39, 0.29) is 0 Å². The summed E-state index contributed by atoms with van der Waals surface area (Å²) in [5, 5.41) is 10.1. The fraction of sp³-hybridized carbons (Fsp3) is 0.400. The molecule has 2 rings (SSSR count). The molecule has 0 saturated heterocycles. The minimum absolute atomic E-state index is 0.908. The molecule has 4 nitrogen and oxygen atoms in total. The van der Waals surface area contributed by atoms with Gasteiger partial charge in [-0.15, -0.1) is 11.3 Å². The number of H-pyrrole nitrogens is 1. The number of hydrogen-bond donors (Lipinski definition) is 2. The lowest BCUT2D eigenvalue weighted by atomic mass is 10.3. The van der Waals surface area contributed by atoms with E-state index in [9.17, 15) is 0 Å². The Morgan fingerprint density at radius 1 is 1.41 bits per heavy atom. The summed E-state index contributed by atoms with van der Waals surface area (Å²) in [6, 6.07) is 2.14. The average Bonchev–Trinajstić information content (AvgIpc) is 2.90. The van der Waals surface area contributed by atoms with Gasteiger partial charge in [0.05, 0.1) is 3.79 Å². The van der Waals surface area contributed by atoms with Crippen molar-refractivity contribution in [3.05, 3.63) is 31.4 Å². The van der Waals surface area contributed by atoms with Crippen LogP contribution in [-0.4, -0.2) is 21.7 Å². The van der Waals surface area contributed by atoms with Crippen molar-refractivity contribution < 1.29 is 0 Å². The molecule has 2 N–H and O–H groups in total. The van der Waals surface area contributed by atoms with Gasteiger partial charge in [0.15, 0.2) is 0 Å². The maximum Gasteiger partial charge on any atom is 0.137 e. The van der Waals surface area contributed by atoms with Crippen molar-refractivity contribution in [3.8, 4) is 0 Å². The summed E-state index contributed by atoms with van der Waals surface area (Å²) in [6.45, 7) is 1.89. The molecule has 2 aromatic rings. The van der Waals surface area contributed by atoms with Crippen molar-refractivity contribution >= 4 is 43.2 Å². The third-order valence-electron chi connectivity index (χ3n) is 2.23. The van der Waals surface area contributed by atoms with Gasteiger partial charge < -0.3 is 5.32 Å². The topological polar surface area (TPSA) is 53.6 Å². The highest BCUT2D eigenvalue weighted by Gasteiger charge is 2.03. The molecule has 0 radical (unpaired) electrons. The number of nitrogens with one attached hydrogen (secondary N) is 2. The summed E-state index contributed by atoms with van der Waals surface area (Å²) in [6.07, 6.45) is 3.54. The second kappa shape index (κ2) is 6.63. The van der Waals surface area contributed by atoms with Crippen LogP contribution in [-0.2, 0) is 13.0 Å². The predicted octanol–water partition coefficient (Wildman–Crippen LogP) is 3.11. The molecule has 0 bridgehead atoms. The number of thiophene rings is 1. The molecule has 2 aromatic heterocycles. The summed E-state index contributed by atoms with van der Waals surface area (Å²) in [4.78, 5) is 5.40. The van der Waals surface area contributed by atoms with Gasteiger partial charge >= 0.3 is 0 Å². The van der Waals surface area contributed by atoms with Crippen LogP contribution in [0.4, 0.5) is 0 Å². The third kappa shape index (κ3) is 4.17. The summed E-state index contributed by atoms with van der Waals surface area (Å²) in [5.74, 6) is 0.952. The van der Waals surface area contributed by atoms with Gasteiger partial charge in [0, 0.05) is 22.3 Å². The van der Waals surface area contributed by atoms with Crippen molar-refractivity contribution in [1.29, 1.82) is 0 Å². The van der Waals surface area contributed by atoms with Crippen LogP contribution in [0.5, 0.6) is 0 Å². The van der Waals surface area contributed by atoms with Crippen LogP contribution >= 0.6 is 43.2 Å². The molecule has 0 spiro atoms. The van der Waals surface area contributed by atoms with Gasteiger partial charge in [-0.05, 0) is 50.9 Å². The molecule has 0 saturated carbocycles. The van der Waals surface area contributed by atoms with Crippen LogP contribution in [0.2, 0.25) is 0 Å². The van der Waals surface area contributed by atoms with Crippen LogP contribution in [0.1, 0.15) is 17.1 Å². The first-order valence-corrected chi connectivity index (χ1v) is 7.64. The van der Waals surface area contributed by atoms with Crippen molar-refractivity contribution in [1.82, 2.24) is 20.5 Å². The van der Waals surface area contributed by atoms with E-state index < -0.39 is 0 Å². The van der Waals surface area contributed by atoms with E-state index in [0.29, 0.717) is 0 Å². The van der Waals surface area contributed by atoms with Crippen molar-refractivity contribution in [3.63, 3.8) is 0 Å². The van der Waals surface area contributed by atoms with E-state index in [1.54, 1.807) is 17.7 Å². The van der Waals surface area contributed by atoms with E-state index in [1.165, 1.54) is 4.88 Å². The van der Waals surface area contributed by atoms with E-state index in [4.69, 9.17) is 0 Å². The van der Waals surface area contributed by atoms with E-state index in [2.05, 4.69) is 58.4 Å². The molecule has 0 atom stereocenters. The van der Waals surface area contributed by atoms with Crippen molar-refractivity contribution in [2.24, 2.45) is 0 Å². The van der Waals surface area contributed by atoms with Crippen molar-refractivity contribution in [2.45, 2.75) is 19.4 Å². The normalized spacial score (nSPS) is 10.9. The Morgan fingerprint density at radius 2 is 2.29 bits per heavy atom. The van der Waals surface area contributed by atoms with Gasteiger partial charge in [-0.25, -0.2) is 4.98 Å². The third-order valence-corrected chi connectivity index (χ3v) is 5.48. The highest BCUT2D eigenvalue weighted by atomic mass is 79.9. The maximum atomic E-state index is 4.08. The maximum absolute atomic E-state index is 4.08. The molecular weight excluding hydrogens is 368 g/mol. The molecule has 0 unspecified atom stereocenters.